The molecule has 21 heavy (non-hydrogen) atoms. The molecule has 0 radical (unpaired) electrons. The fraction of sp³-hybridized carbons (Fsp3) is 0.267. The van der Waals surface area contributed by atoms with E-state index >= 15 is 0 Å². The Labute approximate surface area is 127 Å². The lowest BCUT2D eigenvalue weighted by atomic mass is 10.1. The van der Waals surface area contributed by atoms with Gasteiger partial charge in [-0.25, -0.2) is 9.78 Å². The SMILES string of the molecule is CC(C)[C@H](Sc1ccc2ccccc2n1)C(=O)NC(N)=O. The van der Waals surface area contributed by atoms with E-state index in [0.29, 0.717) is 0 Å². The second kappa shape index (κ2) is 6.58. The number of aromatic nitrogens is 1. The van der Waals surface area contributed by atoms with Crippen LogP contribution in [0.5, 0.6) is 0 Å². The Balaban J connectivity index is 2.22. The molecule has 6 heteroatoms. The molecule has 0 aliphatic carbocycles. The van der Waals surface area contributed by atoms with Gasteiger partial charge in [-0.3, -0.25) is 10.1 Å². The van der Waals surface area contributed by atoms with Crippen LogP contribution < -0.4 is 11.1 Å². The minimum Gasteiger partial charge on any atom is -0.351 e. The van der Waals surface area contributed by atoms with Gasteiger partial charge in [0.25, 0.3) is 0 Å². The minimum atomic E-state index is -0.835. The van der Waals surface area contributed by atoms with E-state index in [1.54, 1.807) is 0 Å². The number of carbonyl (C=O) groups excluding carboxylic acids is 2. The summed E-state index contributed by atoms with van der Waals surface area (Å²) in [7, 11) is 0. The van der Waals surface area contributed by atoms with Crippen LogP contribution in [0.4, 0.5) is 4.79 Å². The number of carbonyl (C=O) groups is 2. The van der Waals surface area contributed by atoms with Crippen molar-refractivity contribution in [1.29, 1.82) is 0 Å². The van der Waals surface area contributed by atoms with Crippen LogP contribution in [0.15, 0.2) is 41.4 Å². The Hall–Kier alpha value is -2.08. The van der Waals surface area contributed by atoms with Crippen molar-refractivity contribution >= 4 is 34.6 Å². The number of urea groups is 1. The summed E-state index contributed by atoms with van der Waals surface area (Å²) in [5.41, 5.74) is 5.88. The van der Waals surface area contributed by atoms with Gasteiger partial charge >= 0.3 is 6.03 Å². The van der Waals surface area contributed by atoms with Crippen molar-refractivity contribution in [3.63, 3.8) is 0 Å². The fourth-order valence-electron chi connectivity index (χ4n) is 1.93. The van der Waals surface area contributed by atoms with Gasteiger partial charge < -0.3 is 5.73 Å². The highest BCUT2D eigenvalue weighted by atomic mass is 32.2. The lowest BCUT2D eigenvalue weighted by Gasteiger charge is -2.18. The second-order valence-corrected chi connectivity index (χ2v) is 6.14. The lowest BCUT2D eigenvalue weighted by molar-refractivity contribution is -0.120. The Bertz CT molecular complexity index is 673. The van der Waals surface area contributed by atoms with Gasteiger partial charge in [0.1, 0.15) is 0 Å². The van der Waals surface area contributed by atoms with Gasteiger partial charge in [-0.2, -0.15) is 0 Å². The van der Waals surface area contributed by atoms with E-state index < -0.39 is 17.2 Å². The summed E-state index contributed by atoms with van der Waals surface area (Å²) >= 11 is 1.33. The van der Waals surface area contributed by atoms with Gasteiger partial charge in [0.2, 0.25) is 5.91 Å². The molecule has 1 heterocycles. The first-order chi connectivity index (χ1) is 9.97. The zero-order valence-electron chi connectivity index (χ0n) is 11.9. The smallest absolute Gasteiger partial charge is 0.318 e. The number of para-hydroxylation sites is 1. The van der Waals surface area contributed by atoms with Crippen LogP contribution in [0.25, 0.3) is 10.9 Å². The van der Waals surface area contributed by atoms with Crippen molar-refractivity contribution in [2.45, 2.75) is 24.1 Å². The molecule has 0 spiro atoms. The van der Waals surface area contributed by atoms with Gasteiger partial charge in [-0.05, 0) is 18.1 Å². The molecular formula is C15H17N3O2S. The molecule has 0 fully saturated rings. The molecule has 1 aromatic carbocycles. The van der Waals surface area contributed by atoms with Crippen LogP contribution in [-0.2, 0) is 4.79 Å². The van der Waals surface area contributed by atoms with E-state index in [1.807, 2.05) is 50.2 Å². The quantitative estimate of drug-likeness (QED) is 0.850. The highest BCUT2D eigenvalue weighted by molar-refractivity contribution is 8.00. The van der Waals surface area contributed by atoms with E-state index in [1.165, 1.54) is 11.8 Å². The number of nitrogens with zero attached hydrogens (tertiary/aromatic N) is 1. The summed E-state index contributed by atoms with van der Waals surface area (Å²) in [4.78, 5) is 27.4. The number of primary amides is 1. The maximum absolute atomic E-state index is 12.0. The summed E-state index contributed by atoms with van der Waals surface area (Å²) in [5.74, 6) is -0.347. The molecular weight excluding hydrogens is 286 g/mol. The first-order valence-corrected chi connectivity index (χ1v) is 7.48. The number of nitrogens with two attached hydrogens (primary N) is 1. The van der Waals surface area contributed by atoms with E-state index in [-0.39, 0.29) is 5.92 Å². The molecule has 1 atom stereocenters. The highest BCUT2D eigenvalue weighted by Gasteiger charge is 2.25. The van der Waals surface area contributed by atoms with E-state index in [9.17, 15) is 9.59 Å². The number of benzene rings is 1. The maximum atomic E-state index is 12.0. The number of hydrogen-bond acceptors (Lipinski definition) is 4. The number of amides is 3. The summed E-state index contributed by atoms with van der Waals surface area (Å²) in [6.07, 6.45) is 0. The van der Waals surface area contributed by atoms with Gasteiger partial charge in [0, 0.05) is 5.39 Å². The normalized spacial score (nSPS) is 12.3. The largest absolute Gasteiger partial charge is 0.351 e. The van der Waals surface area contributed by atoms with Crippen LogP contribution in [-0.4, -0.2) is 22.2 Å². The van der Waals surface area contributed by atoms with Gasteiger partial charge in [0.05, 0.1) is 15.8 Å². The van der Waals surface area contributed by atoms with Crippen molar-refractivity contribution in [3.8, 4) is 0 Å². The fourth-order valence-corrected chi connectivity index (χ4v) is 2.92. The monoisotopic (exact) mass is 303 g/mol. The van der Waals surface area contributed by atoms with Gasteiger partial charge in [0.15, 0.2) is 0 Å². The molecule has 2 aromatic rings. The number of fused-ring (bicyclic) bond motifs is 1. The van der Waals surface area contributed by atoms with Crippen molar-refractivity contribution in [3.05, 3.63) is 36.4 Å². The molecule has 0 unspecified atom stereocenters. The number of nitrogens with one attached hydrogen (secondary N) is 1. The third-order valence-electron chi connectivity index (χ3n) is 2.93. The Morgan fingerprint density at radius 3 is 2.57 bits per heavy atom. The van der Waals surface area contributed by atoms with Crippen LogP contribution in [0.1, 0.15) is 13.8 Å². The van der Waals surface area contributed by atoms with Crippen LogP contribution in [0.3, 0.4) is 0 Å². The first-order valence-electron chi connectivity index (χ1n) is 6.60. The lowest BCUT2D eigenvalue weighted by Crippen LogP contribution is -2.42. The zero-order chi connectivity index (χ0) is 15.4. The molecule has 3 N–H and O–H groups in total. The molecule has 0 saturated carbocycles. The maximum Gasteiger partial charge on any atom is 0.318 e. The molecule has 0 aliphatic heterocycles. The molecule has 0 bridgehead atoms. The number of pyridine rings is 1. The second-order valence-electron chi connectivity index (χ2n) is 4.98. The molecule has 1 aromatic heterocycles. The molecule has 0 aliphatic rings. The number of hydrogen-bond donors (Lipinski definition) is 2. The zero-order valence-corrected chi connectivity index (χ0v) is 12.7. The van der Waals surface area contributed by atoms with Crippen LogP contribution in [0, 0.1) is 5.92 Å². The van der Waals surface area contributed by atoms with Crippen molar-refractivity contribution in [1.82, 2.24) is 10.3 Å². The van der Waals surface area contributed by atoms with Gasteiger partial charge in [-0.15, -0.1) is 0 Å². The Morgan fingerprint density at radius 2 is 1.90 bits per heavy atom. The van der Waals surface area contributed by atoms with E-state index in [0.717, 1.165) is 15.9 Å². The van der Waals surface area contributed by atoms with Crippen molar-refractivity contribution in [2.24, 2.45) is 11.7 Å². The number of rotatable bonds is 4. The Kier molecular flexibility index (Phi) is 4.80. The predicted octanol–water partition coefficient (Wildman–Crippen LogP) is 2.55. The topological polar surface area (TPSA) is 85.1 Å². The third-order valence-corrected chi connectivity index (χ3v) is 4.41. The van der Waals surface area contributed by atoms with Crippen LogP contribution >= 0.6 is 11.8 Å². The Morgan fingerprint density at radius 1 is 1.19 bits per heavy atom. The summed E-state index contributed by atoms with van der Waals surface area (Å²) < 4.78 is 0. The van der Waals surface area contributed by atoms with Crippen LogP contribution in [0.2, 0.25) is 0 Å². The molecule has 5 nitrogen and oxygen atoms in total. The molecule has 0 saturated heterocycles. The van der Waals surface area contributed by atoms with E-state index in [4.69, 9.17) is 5.73 Å². The summed E-state index contributed by atoms with van der Waals surface area (Å²) in [6.45, 7) is 3.83. The van der Waals surface area contributed by atoms with E-state index in [2.05, 4.69) is 10.3 Å². The number of thioether (sulfide) groups is 1. The van der Waals surface area contributed by atoms with Crippen molar-refractivity contribution < 1.29 is 9.59 Å². The molecule has 2 rings (SSSR count). The highest BCUT2D eigenvalue weighted by Crippen LogP contribution is 2.28. The summed E-state index contributed by atoms with van der Waals surface area (Å²) in [6, 6.07) is 10.8. The third kappa shape index (κ3) is 3.95. The van der Waals surface area contributed by atoms with Crippen molar-refractivity contribution in [2.75, 3.05) is 0 Å². The predicted molar refractivity (Wildman–Crippen MR) is 84.0 cm³/mol. The standard InChI is InChI=1S/C15H17N3O2S/c1-9(2)13(14(19)18-15(16)20)21-12-8-7-10-5-3-4-6-11(10)17-12/h3-9,13H,1-2H3,(H3,16,18,19,20)/t13-/m0/s1. The molecule has 110 valence electrons. The average molecular weight is 303 g/mol. The first kappa shape index (κ1) is 15.3. The summed E-state index contributed by atoms with van der Waals surface area (Å²) in [5, 5.41) is 3.50. The number of imide groups is 1. The van der Waals surface area contributed by atoms with Gasteiger partial charge in [-0.1, -0.05) is 49.9 Å². The molecule has 3 amide bonds. The average Bonchev–Trinajstić information content (AvgIpc) is 2.43. The minimum absolute atomic E-state index is 0.0441.